The van der Waals surface area contributed by atoms with Gasteiger partial charge in [-0.2, -0.15) is 0 Å². The van der Waals surface area contributed by atoms with Crippen molar-refractivity contribution in [2.24, 2.45) is 5.73 Å². The van der Waals surface area contributed by atoms with Crippen molar-refractivity contribution in [2.45, 2.75) is 50.0 Å². The molecule has 0 bridgehead atoms. The van der Waals surface area contributed by atoms with E-state index in [-0.39, 0.29) is 0 Å². The van der Waals surface area contributed by atoms with Crippen molar-refractivity contribution in [3.05, 3.63) is 35.4 Å². The van der Waals surface area contributed by atoms with Gasteiger partial charge in [0.05, 0.1) is 0 Å². The van der Waals surface area contributed by atoms with Crippen LogP contribution in [-0.2, 0) is 0 Å². The molecule has 1 saturated carbocycles. The molecular weight excluding hydrogens is 220 g/mol. The van der Waals surface area contributed by atoms with Gasteiger partial charge in [0.25, 0.3) is 0 Å². The van der Waals surface area contributed by atoms with E-state index in [4.69, 9.17) is 5.73 Å². The Hall–Kier alpha value is -0.860. The molecule has 0 radical (unpaired) electrons. The summed E-state index contributed by atoms with van der Waals surface area (Å²) in [5, 5.41) is 3.46. The van der Waals surface area contributed by atoms with Crippen LogP contribution in [0.4, 0.5) is 0 Å². The average molecular weight is 244 g/mol. The second-order valence-electron chi connectivity index (χ2n) is 5.97. The van der Waals surface area contributed by atoms with Crippen molar-refractivity contribution in [1.82, 2.24) is 5.32 Å². The lowest BCUT2D eigenvalue weighted by Gasteiger charge is -2.27. The van der Waals surface area contributed by atoms with Gasteiger partial charge in [0.2, 0.25) is 0 Å². The van der Waals surface area contributed by atoms with Gasteiger partial charge in [-0.05, 0) is 61.6 Å². The fraction of sp³-hybridized carbons (Fsp3) is 0.625. The number of benzene rings is 1. The Labute approximate surface area is 110 Å². The summed E-state index contributed by atoms with van der Waals surface area (Å²) in [6.07, 6.45) is 6.22. The number of rotatable bonds is 2. The number of hydrogen-bond donors (Lipinski definition) is 2. The quantitative estimate of drug-likeness (QED) is 0.839. The SMILES string of the molecule is NC1CCC(c2cccc(C3CCNC3)c2)CC1. The first-order valence-corrected chi connectivity index (χ1v) is 7.39. The van der Waals surface area contributed by atoms with Gasteiger partial charge in [-0.15, -0.1) is 0 Å². The Balaban J connectivity index is 1.74. The van der Waals surface area contributed by atoms with E-state index in [0.29, 0.717) is 6.04 Å². The van der Waals surface area contributed by atoms with E-state index in [2.05, 4.69) is 29.6 Å². The minimum atomic E-state index is 0.448. The maximum atomic E-state index is 6.00. The molecule has 1 unspecified atom stereocenters. The van der Waals surface area contributed by atoms with Crippen LogP contribution in [0.1, 0.15) is 55.1 Å². The van der Waals surface area contributed by atoms with Crippen LogP contribution in [0.15, 0.2) is 24.3 Å². The van der Waals surface area contributed by atoms with Crippen molar-refractivity contribution >= 4 is 0 Å². The van der Waals surface area contributed by atoms with Crippen LogP contribution in [-0.4, -0.2) is 19.1 Å². The van der Waals surface area contributed by atoms with Crippen LogP contribution in [0.5, 0.6) is 0 Å². The molecule has 1 saturated heterocycles. The van der Waals surface area contributed by atoms with E-state index in [1.807, 2.05) is 0 Å². The smallest absolute Gasteiger partial charge is 0.00392 e. The summed E-state index contributed by atoms with van der Waals surface area (Å²) in [4.78, 5) is 0. The van der Waals surface area contributed by atoms with E-state index >= 15 is 0 Å². The molecule has 3 rings (SSSR count). The molecule has 0 amide bonds. The summed E-state index contributed by atoms with van der Waals surface area (Å²) >= 11 is 0. The van der Waals surface area contributed by atoms with Crippen LogP contribution in [0, 0.1) is 0 Å². The highest BCUT2D eigenvalue weighted by Gasteiger charge is 2.22. The number of nitrogens with one attached hydrogen (secondary N) is 1. The molecule has 0 aromatic heterocycles. The zero-order valence-electron chi connectivity index (χ0n) is 11.1. The van der Waals surface area contributed by atoms with Crippen molar-refractivity contribution in [2.75, 3.05) is 13.1 Å². The fourth-order valence-electron chi connectivity index (χ4n) is 3.46. The first-order valence-electron chi connectivity index (χ1n) is 7.39. The molecule has 98 valence electrons. The standard InChI is InChI=1S/C16H24N2/c17-16-6-4-12(5-7-16)13-2-1-3-14(10-13)15-8-9-18-11-15/h1-3,10,12,15-16,18H,4-9,11,17H2. The van der Waals surface area contributed by atoms with Crippen LogP contribution in [0.2, 0.25) is 0 Å². The van der Waals surface area contributed by atoms with E-state index in [0.717, 1.165) is 18.4 Å². The minimum Gasteiger partial charge on any atom is -0.328 e. The molecule has 2 fully saturated rings. The zero-order valence-corrected chi connectivity index (χ0v) is 11.1. The van der Waals surface area contributed by atoms with Gasteiger partial charge in [0.1, 0.15) is 0 Å². The van der Waals surface area contributed by atoms with E-state index in [1.165, 1.54) is 44.2 Å². The zero-order chi connectivity index (χ0) is 12.4. The van der Waals surface area contributed by atoms with Gasteiger partial charge in [0, 0.05) is 12.6 Å². The Morgan fingerprint density at radius 1 is 0.944 bits per heavy atom. The first-order chi connectivity index (χ1) is 8.83. The van der Waals surface area contributed by atoms with Gasteiger partial charge in [0.15, 0.2) is 0 Å². The Morgan fingerprint density at radius 2 is 1.67 bits per heavy atom. The Kier molecular flexibility index (Phi) is 3.67. The monoisotopic (exact) mass is 244 g/mol. The minimum absolute atomic E-state index is 0.448. The third-order valence-electron chi connectivity index (χ3n) is 4.69. The van der Waals surface area contributed by atoms with Gasteiger partial charge < -0.3 is 11.1 Å². The lowest BCUT2D eigenvalue weighted by atomic mass is 9.81. The molecule has 2 heteroatoms. The molecule has 18 heavy (non-hydrogen) atoms. The highest BCUT2D eigenvalue weighted by atomic mass is 14.9. The van der Waals surface area contributed by atoms with E-state index in [1.54, 1.807) is 5.56 Å². The lowest BCUT2D eigenvalue weighted by molar-refractivity contribution is 0.395. The molecule has 1 atom stereocenters. The fourth-order valence-corrected chi connectivity index (χ4v) is 3.46. The molecule has 1 aromatic rings. The number of nitrogens with two attached hydrogens (primary N) is 1. The molecule has 1 heterocycles. The van der Waals surface area contributed by atoms with Gasteiger partial charge in [-0.25, -0.2) is 0 Å². The molecule has 2 nitrogen and oxygen atoms in total. The summed E-state index contributed by atoms with van der Waals surface area (Å²) in [5.74, 6) is 1.48. The molecule has 2 aliphatic rings. The summed E-state index contributed by atoms with van der Waals surface area (Å²) in [6.45, 7) is 2.33. The molecule has 1 aliphatic heterocycles. The van der Waals surface area contributed by atoms with Crippen LogP contribution < -0.4 is 11.1 Å². The molecule has 3 N–H and O–H groups in total. The predicted octanol–water partition coefficient (Wildman–Crippen LogP) is 2.75. The molecule has 1 aromatic carbocycles. The van der Waals surface area contributed by atoms with Gasteiger partial charge in [-0.1, -0.05) is 24.3 Å². The highest BCUT2D eigenvalue weighted by Crippen LogP contribution is 2.34. The Bertz CT molecular complexity index is 388. The molecular formula is C16H24N2. The van der Waals surface area contributed by atoms with Crippen molar-refractivity contribution in [3.63, 3.8) is 0 Å². The van der Waals surface area contributed by atoms with Crippen LogP contribution >= 0.6 is 0 Å². The van der Waals surface area contributed by atoms with Crippen molar-refractivity contribution in [1.29, 1.82) is 0 Å². The van der Waals surface area contributed by atoms with Crippen LogP contribution in [0.25, 0.3) is 0 Å². The third kappa shape index (κ3) is 2.60. The maximum Gasteiger partial charge on any atom is 0.00392 e. The summed E-state index contributed by atoms with van der Waals surface area (Å²) in [7, 11) is 0. The average Bonchev–Trinajstić information content (AvgIpc) is 2.94. The van der Waals surface area contributed by atoms with Gasteiger partial charge in [-0.3, -0.25) is 0 Å². The van der Waals surface area contributed by atoms with Crippen molar-refractivity contribution in [3.8, 4) is 0 Å². The third-order valence-corrected chi connectivity index (χ3v) is 4.69. The predicted molar refractivity (Wildman–Crippen MR) is 75.9 cm³/mol. The summed E-state index contributed by atoms with van der Waals surface area (Å²) in [5.41, 5.74) is 9.08. The van der Waals surface area contributed by atoms with Crippen molar-refractivity contribution < 1.29 is 0 Å². The number of hydrogen-bond acceptors (Lipinski definition) is 2. The molecule has 1 aliphatic carbocycles. The Morgan fingerprint density at radius 3 is 2.33 bits per heavy atom. The first kappa shape index (κ1) is 12.2. The maximum absolute atomic E-state index is 6.00. The summed E-state index contributed by atoms with van der Waals surface area (Å²) in [6, 6.07) is 9.77. The second kappa shape index (κ2) is 5.41. The highest BCUT2D eigenvalue weighted by molar-refractivity contribution is 5.30. The summed E-state index contributed by atoms with van der Waals surface area (Å²) < 4.78 is 0. The largest absolute Gasteiger partial charge is 0.328 e. The lowest BCUT2D eigenvalue weighted by Crippen LogP contribution is -2.25. The normalized spacial score (nSPS) is 32.6. The topological polar surface area (TPSA) is 38.0 Å². The molecule has 0 spiro atoms. The second-order valence-corrected chi connectivity index (χ2v) is 5.97. The van der Waals surface area contributed by atoms with Crippen LogP contribution in [0.3, 0.4) is 0 Å². The van der Waals surface area contributed by atoms with E-state index in [9.17, 15) is 0 Å². The van der Waals surface area contributed by atoms with Gasteiger partial charge >= 0.3 is 0 Å². The van der Waals surface area contributed by atoms with E-state index < -0.39 is 0 Å².